The van der Waals surface area contributed by atoms with Gasteiger partial charge in [0.2, 0.25) is 0 Å². The van der Waals surface area contributed by atoms with Crippen molar-refractivity contribution in [2.24, 2.45) is 0 Å². The smallest absolute Gasteiger partial charge is 0.271 e. The number of hydrogen-bond acceptors (Lipinski definition) is 5. The van der Waals surface area contributed by atoms with E-state index in [9.17, 15) is 4.79 Å². The number of H-pyrrole nitrogens is 1. The van der Waals surface area contributed by atoms with Crippen molar-refractivity contribution in [3.05, 3.63) is 53.7 Å². The minimum absolute atomic E-state index is 0.228. The van der Waals surface area contributed by atoms with E-state index in [0.717, 1.165) is 17.0 Å². The Kier molecular flexibility index (Phi) is 4.60. The molecule has 7 heteroatoms. The zero-order valence-corrected chi connectivity index (χ0v) is 13.6. The summed E-state index contributed by atoms with van der Waals surface area (Å²) < 4.78 is 5.50. The second kappa shape index (κ2) is 6.99. The predicted octanol–water partition coefficient (Wildman–Crippen LogP) is 2.52. The van der Waals surface area contributed by atoms with Gasteiger partial charge in [0.25, 0.3) is 5.91 Å². The molecule has 0 aromatic carbocycles. The summed E-state index contributed by atoms with van der Waals surface area (Å²) in [5, 5.41) is 12.9. The third kappa shape index (κ3) is 3.62. The first-order chi connectivity index (χ1) is 11.6. The summed E-state index contributed by atoms with van der Waals surface area (Å²) in [5.41, 5.74) is 3.09. The minimum Gasteiger partial charge on any atom is -0.460 e. The van der Waals surface area contributed by atoms with Crippen molar-refractivity contribution in [3.8, 4) is 11.5 Å². The zero-order valence-electron chi connectivity index (χ0n) is 13.6. The molecule has 0 unspecified atom stereocenters. The van der Waals surface area contributed by atoms with Gasteiger partial charge in [0.05, 0.1) is 0 Å². The molecule has 3 rings (SSSR count). The fourth-order valence-corrected chi connectivity index (χ4v) is 2.28. The van der Waals surface area contributed by atoms with Gasteiger partial charge >= 0.3 is 0 Å². The number of carbonyl (C=O) groups is 1. The number of nitrogens with one attached hydrogen (secondary N) is 3. The van der Waals surface area contributed by atoms with E-state index in [4.69, 9.17) is 4.42 Å². The lowest BCUT2D eigenvalue weighted by molar-refractivity contribution is 0.0950. The number of carbonyl (C=O) groups excluding carboxylic acids is 1. The van der Waals surface area contributed by atoms with Crippen LogP contribution in [-0.2, 0) is 0 Å². The van der Waals surface area contributed by atoms with Gasteiger partial charge in [-0.3, -0.25) is 14.9 Å². The highest BCUT2D eigenvalue weighted by atomic mass is 16.3. The molecule has 7 nitrogen and oxygen atoms in total. The molecule has 0 atom stereocenters. The summed E-state index contributed by atoms with van der Waals surface area (Å²) in [4.78, 5) is 16.2. The van der Waals surface area contributed by atoms with Gasteiger partial charge in [-0.1, -0.05) is 0 Å². The number of pyridine rings is 1. The van der Waals surface area contributed by atoms with E-state index < -0.39 is 0 Å². The second-order valence-electron chi connectivity index (χ2n) is 5.45. The molecule has 0 aliphatic carbocycles. The van der Waals surface area contributed by atoms with E-state index in [1.54, 1.807) is 18.5 Å². The SMILES string of the molecule is Cc1ccc(-c2cc(C(=O)NCCNc3ccncc3C)n[nH]2)o1. The van der Waals surface area contributed by atoms with Crippen LogP contribution >= 0.6 is 0 Å². The van der Waals surface area contributed by atoms with Crippen molar-refractivity contribution in [1.82, 2.24) is 20.5 Å². The van der Waals surface area contributed by atoms with Crippen LogP contribution in [0.3, 0.4) is 0 Å². The van der Waals surface area contributed by atoms with Crippen LogP contribution in [-0.4, -0.2) is 34.2 Å². The van der Waals surface area contributed by atoms with Crippen molar-refractivity contribution in [1.29, 1.82) is 0 Å². The van der Waals surface area contributed by atoms with Crippen LogP contribution in [0.5, 0.6) is 0 Å². The van der Waals surface area contributed by atoms with E-state index in [1.165, 1.54) is 0 Å². The maximum Gasteiger partial charge on any atom is 0.271 e. The highest BCUT2D eigenvalue weighted by Gasteiger charge is 2.12. The van der Waals surface area contributed by atoms with Gasteiger partial charge in [0.1, 0.15) is 11.5 Å². The lowest BCUT2D eigenvalue weighted by Gasteiger charge is -2.09. The molecule has 1 amide bonds. The van der Waals surface area contributed by atoms with Crippen LogP contribution in [0.15, 0.2) is 41.1 Å². The number of anilines is 1. The zero-order chi connectivity index (χ0) is 16.9. The third-order valence-corrected chi connectivity index (χ3v) is 3.56. The summed E-state index contributed by atoms with van der Waals surface area (Å²) in [6.07, 6.45) is 3.53. The Morgan fingerprint density at radius 3 is 2.88 bits per heavy atom. The second-order valence-corrected chi connectivity index (χ2v) is 5.45. The van der Waals surface area contributed by atoms with Gasteiger partial charge in [0, 0.05) is 37.2 Å². The minimum atomic E-state index is -0.228. The lowest BCUT2D eigenvalue weighted by Crippen LogP contribution is -2.29. The Morgan fingerprint density at radius 2 is 2.12 bits per heavy atom. The quantitative estimate of drug-likeness (QED) is 0.605. The van der Waals surface area contributed by atoms with E-state index in [-0.39, 0.29) is 5.91 Å². The van der Waals surface area contributed by atoms with E-state index in [1.807, 2.05) is 32.0 Å². The first kappa shape index (κ1) is 15.8. The van der Waals surface area contributed by atoms with Crippen LogP contribution in [0.2, 0.25) is 0 Å². The number of rotatable bonds is 6. The van der Waals surface area contributed by atoms with Crippen LogP contribution in [0.25, 0.3) is 11.5 Å². The first-order valence-electron chi connectivity index (χ1n) is 7.68. The number of furan rings is 1. The van der Waals surface area contributed by atoms with Crippen LogP contribution in [0.1, 0.15) is 21.8 Å². The van der Waals surface area contributed by atoms with Crippen molar-refractivity contribution >= 4 is 11.6 Å². The average molecular weight is 325 g/mol. The largest absolute Gasteiger partial charge is 0.460 e. The van der Waals surface area contributed by atoms with Crippen molar-refractivity contribution in [3.63, 3.8) is 0 Å². The number of hydrogen-bond donors (Lipinski definition) is 3. The average Bonchev–Trinajstić information content (AvgIpc) is 3.21. The molecular weight excluding hydrogens is 306 g/mol. The highest BCUT2D eigenvalue weighted by Crippen LogP contribution is 2.20. The number of aromatic nitrogens is 3. The first-order valence-corrected chi connectivity index (χ1v) is 7.68. The van der Waals surface area contributed by atoms with Gasteiger partial charge < -0.3 is 15.1 Å². The van der Waals surface area contributed by atoms with Crippen molar-refractivity contribution in [2.75, 3.05) is 18.4 Å². The Morgan fingerprint density at radius 1 is 1.25 bits per heavy atom. The van der Waals surface area contributed by atoms with Crippen LogP contribution < -0.4 is 10.6 Å². The van der Waals surface area contributed by atoms with Gasteiger partial charge in [-0.25, -0.2) is 0 Å². The Balaban J connectivity index is 1.51. The molecule has 0 aliphatic rings. The van der Waals surface area contributed by atoms with E-state index >= 15 is 0 Å². The molecule has 3 heterocycles. The maximum absolute atomic E-state index is 12.1. The molecule has 0 spiro atoms. The number of nitrogens with zero attached hydrogens (tertiary/aromatic N) is 2. The monoisotopic (exact) mass is 325 g/mol. The van der Waals surface area contributed by atoms with E-state index in [0.29, 0.717) is 30.2 Å². The molecule has 0 aliphatic heterocycles. The molecule has 3 aromatic heterocycles. The van der Waals surface area contributed by atoms with Gasteiger partial charge in [-0.15, -0.1) is 0 Å². The Bertz CT molecular complexity index is 837. The molecule has 0 radical (unpaired) electrons. The number of aromatic amines is 1. The molecule has 3 N–H and O–H groups in total. The lowest BCUT2D eigenvalue weighted by atomic mass is 10.2. The fourth-order valence-electron chi connectivity index (χ4n) is 2.28. The summed E-state index contributed by atoms with van der Waals surface area (Å²) in [5.74, 6) is 1.24. The van der Waals surface area contributed by atoms with Gasteiger partial charge in [-0.05, 0) is 37.6 Å². The van der Waals surface area contributed by atoms with Gasteiger partial charge in [0.15, 0.2) is 11.5 Å². The molecule has 3 aromatic rings. The summed E-state index contributed by atoms with van der Waals surface area (Å²) in [6, 6.07) is 7.28. The Labute approximate surface area is 139 Å². The molecule has 0 saturated carbocycles. The maximum atomic E-state index is 12.1. The third-order valence-electron chi connectivity index (χ3n) is 3.56. The number of amides is 1. The molecular formula is C17H19N5O2. The molecule has 124 valence electrons. The summed E-state index contributed by atoms with van der Waals surface area (Å²) in [7, 11) is 0. The normalized spacial score (nSPS) is 10.6. The predicted molar refractivity (Wildman–Crippen MR) is 90.8 cm³/mol. The number of aryl methyl sites for hydroxylation is 2. The van der Waals surface area contributed by atoms with Crippen molar-refractivity contribution < 1.29 is 9.21 Å². The Hall–Kier alpha value is -3.09. The van der Waals surface area contributed by atoms with Gasteiger partial charge in [-0.2, -0.15) is 5.10 Å². The topological polar surface area (TPSA) is 95.8 Å². The van der Waals surface area contributed by atoms with E-state index in [2.05, 4.69) is 25.8 Å². The fraction of sp³-hybridized carbons (Fsp3) is 0.235. The molecule has 24 heavy (non-hydrogen) atoms. The van der Waals surface area contributed by atoms with Crippen LogP contribution in [0, 0.1) is 13.8 Å². The molecule has 0 saturated heterocycles. The standard InChI is InChI=1S/C17H19N5O2/c1-11-10-18-6-5-13(11)19-7-8-20-17(23)15-9-14(21-22-15)16-4-3-12(2)24-16/h3-6,9-10H,7-8H2,1-2H3,(H,18,19)(H,20,23)(H,21,22). The van der Waals surface area contributed by atoms with Crippen LogP contribution in [0.4, 0.5) is 5.69 Å². The molecule has 0 bridgehead atoms. The summed E-state index contributed by atoms with van der Waals surface area (Å²) >= 11 is 0. The summed E-state index contributed by atoms with van der Waals surface area (Å²) in [6.45, 7) is 4.95. The molecule has 0 fully saturated rings. The highest BCUT2D eigenvalue weighted by molar-refractivity contribution is 5.93. The van der Waals surface area contributed by atoms with Crippen molar-refractivity contribution in [2.45, 2.75) is 13.8 Å².